The largest absolute Gasteiger partial charge is 0.280 e. The standard InChI is InChI=1S/C18H20ClN3O4S2/c19-16-9-3-4-10-17(16)28(25,26)21-14-7-6-8-15(13-14)27(23,24)22-18-11-2-1-5-12-20-18/h3-4,6-10,13,21H,1-2,5,11-12H2,(H,20,22). The molecule has 0 spiro atoms. The van der Waals surface area contributed by atoms with Crippen molar-refractivity contribution in [2.24, 2.45) is 4.99 Å². The summed E-state index contributed by atoms with van der Waals surface area (Å²) in [6.45, 7) is 0.593. The molecule has 0 saturated heterocycles. The number of sulfonamides is 2. The number of nitrogens with one attached hydrogen (secondary N) is 2. The number of hydrogen-bond donors (Lipinski definition) is 2. The van der Waals surface area contributed by atoms with Gasteiger partial charge in [0.15, 0.2) is 0 Å². The van der Waals surface area contributed by atoms with Crippen LogP contribution in [0.4, 0.5) is 5.69 Å². The third-order valence-corrected chi connectivity index (χ3v) is 7.41. The highest BCUT2D eigenvalue weighted by molar-refractivity contribution is 7.93. The molecule has 0 unspecified atom stereocenters. The summed E-state index contributed by atoms with van der Waals surface area (Å²) in [5.74, 6) is 0.430. The van der Waals surface area contributed by atoms with Crippen LogP contribution in [0.3, 0.4) is 0 Å². The lowest BCUT2D eigenvalue weighted by atomic mass is 10.2. The van der Waals surface area contributed by atoms with Crippen molar-refractivity contribution in [3.8, 4) is 0 Å². The van der Waals surface area contributed by atoms with Crippen molar-refractivity contribution >= 4 is 43.2 Å². The fourth-order valence-electron chi connectivity index (χ4n) is 2.77. The van der Waals surface area contributed by atoms with E-state index in [-0.39, 0.29) is 20.5 Å². The molecule has 0 saturated carbocycles. The summed E-state index contributed by atoms with van der Waals surface area (Å²) in [4.78, 5) is 4.12. The maximum Gasteiger partial charge on any atom is 0.263 e. The first-order valence-corrected chi connectivity index (χ1v) is 12.1. The lowest BCUT2D eigenvalue weighted by Crippen LogP contribution is -2.30. The molecular formula is C18H20ClN3O4S2. The normalized spacial score (nSPS) is 15.4. The number of hydrogen-bond acceptors (Lipinski definition) is 5. The summed E-state index contributed by atoms with van der Waals surface area (Å²) in [6, 6.07) is 11.6. The smallest absolute Gasteiger partial charge is 0.263 e. The lowest BCUT2D eigenvalue weighted by Gasteiger charge is -2.12. The Balaban J connectivity index is 1.84. The van der Waals surface area contributed by atoms with Crippen LogP contribution in [0.15, 0.2) is 63.3 Å². The maximum atomic E-state index is 12.7. The van der Waals surface area contributed by atoms with Crippen LogP contribution >= 0.6 is 11.6 Å². The first-order chi connectivity index (χ1) is 13.3. The van der Waals surface area contributed by atoms with E-state index in [0.29, 0.717) is 18.8 Å². The van der Waals surface area contributed by atoms with Gasteiger partial charge in [0.05, 0.1) is 15.6 Å². The van der Waals surface area contributed by atoms with Gasteiger partial charge in [0, 0.05) is 13.0 Å². The van der Waals surface area contributed by atoms with Gasteiger partial charge in [-0.1, -0.05) is 36.2 Å². The zero-order valence-electron chi connectivity index (χ0n) is 14.9. The molecule has 0 amide bonds. The summed E-state index contributed by atoms with van der Waals surface area (Å²) in [7, 11) is -7.83. The minimum Gasteiger partial charge on any atom is -0.280 e. The van der Waals surface area contributed by atoms with Crippen LogP contribution in [0.5, 0.6) is 0 Å². The van der Waals surface area contributed by atoms with Gasteiger partial charge in [-0.2, -0.15) is 0 Å². The molecule has 0 atom stereocenters. The van der Waals surface area contributed by atoms with Gasteiger partial charge in [-0.3, -0.25) is 14.4 Å². The molecule has 1 heterocycles. The van der Waals surface area contributed by atoms with Gasteiger partial charge in [-0.25, -0.2) is 16.8 Å². The number of halogens is 1. The average Bonchev–Trinajstić information content (AvgIpc) is 2.90. The van der Waals surface area contributed by atoms with E-state index in [0.717, 1.165) is 19.3 Å². The van der Waals surface area contributed by atoms with Crippen LogP contribution in [0.1, 0.15) is 25.7 Å². The van der Waals surface area contributed by atoms with Crippen molar-refractivity contribution in [3.05, 3.63) is 53.6 Å². The number of benzene rings is 2. The van der Waals surface area contributed by atoms with Gasteiger partial charge in [-0.15, -0.1) is 0 Å². The molecule has 7 nitrogen and oxygen atoms in total. The van der Waals surface area contributed by atoms with Gasteiger partial charge in [0.2, 0.25) is 0 Å². The summed E-state index contributed by atoms with van der Waals surface area (Å²) in [5, 5.41) is 0.0758. The Morgan fingerprint density at radius 1 is 0.857 bits per heavy atom. The molecule has 0 fully saturated rings. The number of nitrogens with zero attached hydrogens (tertiary/aromatic N) is 1. The second-order valence-electron chi connectivity index (χ2n) is 6.31. The predicted octanol–water partition coefficient (Wildman–Crippen LogP) is 3.39. The van der Waals surface area contributed by atoms with Crippen molar-refractivity contribution in [2.75, 3.05) is 11.3 Å². The van der Waals surface area contributed by atoms with E-state index in [2.05, 4.69) is 14.4 Å². The predicted molar refractivity (Wildman–Crippen MR) is 110 cm³/mol. The fourth-order valence-corrected chi connectivity index (χ4v) is 5.48. The van der Waals surface area contributed by atoms with E-state index in [1.54, 1.807) is 12.1 Å². The Kier molecular flexibility index (Phi) is 6.26. The zero-order chi connectivity index (χ0) is 20.2. The molecule has 0 bridgehead atoms. The molecule has 2 N–H and O–H groups in total. The molecule has 1 aliphatic heterocycles. The van der Waals surface area contributed by atoms with Crippen molar-refractivity contribution in [1.29, 1.82) is 0 Å². The van der Waals surface area contributed by atoms with Crippen LogP contribution in [0.25, 0.3) is 0 Å². The Labute approximate surface area is 169 Å². The molecule has 2 aromatic carbocycles. The topological polar surface area (TPSA) is 105 Å². The molecule has 0 aromatic heterocycles. The molecule has 10 heteroatoms. The minimum absolute atomic E-state index is 0.0567. The lowest BCUT2D eigenvalue weighted by molar-refractivity contribution is 0.591. The van der Waals surface area contributed by atoms with Crippen molar-refractivity contribution in [2.45, 2.75) is 35.5 Å². The first-order valence-electron chi connectivity index (χ1n) is 8.71. The second-order valence-corrected chi connectivity index (χ2v) is 10.0. The SMILES string of the molecule is O=S(=O)(NC1=NCCCCC1)c1cccc(NS(=O)(=O)c2ccccc2Cl)c1. The Bertz CT molecular complexity index is 1100. The molecule has 2 aromatic rings. The first kappa shape index (κ1) is 20.6. The number of anilines is 1. The monoisotopic (exact) mass is 441 g/mol. The fraction of sp³-hybridized carbons (Fsp3) is 0.278. The van der Waals surface area contributed by atoms with Crippen LogP contribution in [0, 0.1) is 0 Å². The Morgan fingerprint density at radius 2 is 1.64 bits per heavy atom. The third kappa shape index (κ3) is 5.03. The molecule has 1 aliphatic rings. The minimum atomic E-state index is -3.96. The van der Waals surface area contributed by atoms with Crippen molar-refractivity contribution in [3.63, 3.8) is 0 Å². The third-order valence-electron chi connectivity index (χ3n) is 4.15. The van der Waals surface area contributed by atoms with Crippen LogP contribution < -0.4 is 9.44 Å². The van der Waals surface area contributed by atoms with E-state index in [9.17, 15) is 16.8 Å². The van der Waals surface area contributed by atoms with Crippen LogP contribution in [-0.2, 0) is 20.0 Å². The highest BCUT2D eigenvalue weighted by atomic mass is 35.5. The summed E-state index contributed by atoms with van der Waals surface area (Å²) in [6.07, 6.45) is 3.38. The van der Waals surface area contributed by atoms with Crippen molar-refractivity contribution in [1.82, 2.24) is 4.72 Å². The Hall–Kier alpha value is -2.10. The van der Waals surface area contributed by atoms with Gasteiger partial charge in [0.1, 0.15) is 10.7 Å². The molecule has 28 heavy (non-hydrogen) atoms. The summed E-state index contributed by atoms with van der Waals surface area (Å²) >= 11 is 5.96. The van der Waals surface area contributed by atoms with Gasteiger partial charge >= 0.3 is 0 Å². The zero-order valence-corrected chi connectivity index (χ0v) is 17.3. The molecule has 0 aliphatic carbocycles. The number of amidine groups is 1. The molecule has 150 valence electrons. The maximum absolute atomic E-state index is 12.7. The highest BCUT2D eigenvalue weighted by Crippen LogP contribution is 2.24. The summed E-state index contributed by atoms with van der Waals surface area (Å²) in [5.41, 5.74) is 0.116. The molecular weight excluding hydrogens is 422 g/mol. The van der Waals surface area contributed by atoms with Gasteiger partial charge in [-0.05, 0) is 43.2 Å². The van der Waals surface area contributed by atoms with Gasteiger partial charge in [0.25, 0.3) is 20.0 Å². The van der Waals surface area contributed by atoms with Crippen molar-refractivity contribution < 1.29 is 16.8 Å². The number of aliphatic imine (C=N–C) groups is 1. The molecule has 0 radical (unpaired) electrons. The second kappa shape index (κ2) is 8.50. The van der Waals surface area contributed by atoms with E-state index in [1.165, 1.54) is 36.4 Å². The quantitative estimate of drug-likeness (QED) is 0.741. The van der Waals surface area contributed by atoms with E-state index in [4.69, 9.17) is 11.6 Å². The number of rotatable bonds is 5. The van der Waals surface area contributed by atoms with E-state index >= 15 is 0 Å². The molecule has 3 rings (SSSR count). The van der Waals surface area contributed by atoms with Gasteiger partial charge < -0.3 is 0 Å². The van der Waals surface area contributed by atoms with E-state index < -0.39 is 20.0 Å². The highest BCUT2D eigenvalue weighted by Gasteiger charge is 2.20. The van der Waals surface area contributed by atoms with Crippen LogP contribution in [-0.4, -0.2) is 29.2 Å². The van der Waals surface area contributed by atoms with Crippen LogP contribution in [0.2, 0.25) is 5.02 Å². The Morgan fingerprint density at radius 3 is 2.43 bits per heavy atom. The van der Waals surface area contributed by atoms with E-state index in [1.807, 2.05) is 0 Å². The average molecular weight is 442 g/mol. The summed E-state index contributed by atoms with van der Waals surface area (Å²) < 4.78 is 55.3.